The van der Waals surface area contributed by atoms with Crippen LogP contribution in [-0.2, 0) is 13.1 Å². The molecular formula is C22H31N3O3. The molecule has 2 aromatic carbocycles. The highest BCUT2D eigenvalue weighted by Crippen LogP contribution is 2.27. The van der Waals surface area contributed by atoms with Crippen LogP contribution in [0.1, 0.15) is 30.9 Å². The summed E-state index contributed by atoms with van der Waals surface area (Å²) in [4.78, 5) is 4.28. The first-order valence-electron chi connectivity index (χ1n) is 9.57. The number of rotatable bonds is 10. The van der Waals surface area contributed by atoms with Gasteiger partial charge in [0, 0.05) is 20.1 Å². The minimum atomic E-state index is 0.625. The van der Waals surface area contributed by atoms with E-state index >= 15 is 0 Å². The van der Waals surface area contributed by atoms with Gasteiger partial charge in [0.1, 0.15) is 5.75 Å². The van der Waals surface area contributed by atoms with E-state index in [2.05, 4.69) is 34.7 Å². The van der Waals surface area contributed by atoms with Crippen LogP contribution in [0.3, 0.4) is 0 Å². The first-order valence-corrected chi connectivity index (χ1v) is 9.57. The number of aliphatic imine (C=N–C) groups is 1. The molecule has 0 aliphatic carbocycles. The lowest BCUT2D eigenvalue weighted by molar-refractivity contribution is 0.309. The zero-order valence-electron chi connectivity index (χ0n) is 17.2. The van der Waals surface area contributed by atoms with Crippen LogP contribution in [0.25, 0.3) is 0 Å². The molecule has 0 saturated carbocycles. The Hall–Kier alpha value is -2.89. The number of benzene rings is 2. The largest absolute Gasteiger partial charge is 0.494 e. The lowest BCUT2D eigenvalue weighted by Gasteiger charge is -2.14. The fourth-order valence-electron chi connectivity index (χ4n) is 2.66. The number of ether oxygens (including phenoxy) is 3. The Balaban J connectivity index is 1.87. The van der Waals surface area contributed by atoms with Crippen LogP contribution in [0, 0.1) is 0 Å². The molecule has 0 unspecified atom stereocenters. The maximum Gasteiger partial charge on any atom is 0.191 e. The maximum absolute atomic E-state index is 5.77. The Morgan fingerprint density at radius 3 is 2.29 bits per heavy atom. The third kappa shape index (κ3) is 6.68. The zero-order chi connectivity index (χ0) is 20.2. The number of nitrogens with zero attached hydrogens (tertiary/aromatic N) is 1. The summed E-state index contributed by atoms with van der Waals surface area (Å²) in [5.41, 5.74) is 2.22. The molecule has 0 radical (unpaired) electrons. The SMILES string of the molecule is CCCCOc1cccc(CNC(=NC)NCc2ccc(OC)c(OC)c2)c1. The number of methoxy groups -OCH3 is 2. The van der Waals surface area contributed by atoms with Gasteiger partial charge in [0.15, 0.2) is 17.5 Å². The van der Waals surface area contributed by atoms with E-state index in [0.717, 1.165) is 48.0 Å². The minimum absolute atomic E-state index is 0.625. The van der Waals surface area contributed by atoms with Crippen molar-refractivity contribution in [2.45, 2.75) is 32.9 Å². The van der Waals surface area contributed by atoms with Gasteiger partial charge in [-0.15, -0.1) is 0 Å². The van der Waals surface area contributed by atoms with Gasteiger partial charge >= 0.3 is 0 Å². The average molecular weight is 386 g/mol. The summed E-state index contributed by atoms with van der Waals surface area (Å²) in [7, 11) is 5.02. The maximum atomic E-state index is 5.77. The summed E-state index contributed by atoms with van der Waals surface area (Å²) in [6, 6.07) is 14.0. The molecule has 152 valence electrons. The van der Waals surface area contributed by atoms with Crippen LogP contribution in [0.5, 0.6) is 17.2 Å². The Labute approximate surface area is 167 Å². The van der Waals surface area contributed by atoms with Crippen LogP contribution in [0.2, 0.25) is 0 Å². The third-order valence-electron chi connectivity index (χ3n) is 4.26. The van der Waals surface area contributed by atoms with Crippen molar-refractivity contribution in [2.75, 3.05) is 27.9 Å². The lowest BCUT2D eigenvalue weighted by Crippen LogP contribution is -2.36. The Bertz CT molecular complexity index is 762. The van der Waals surface area contributed by atoms with Gasteiger partial charge in [-0.05, 0) is 41.8 Å². The Morgan fingerprint density at radius 2 is 1.64 bits per heavy atom. The quantitative estimate of drug-likeness (QED) is 0.370. The van der Waals surface area contributed by atoms with Gasteiger partial charge in [0.05, 0.1) is 20.8 Å². The third-order valence-corrected chi connectivity index (χ3v) is 4.26. The summed E-state index contributed by atoms with van der Waals surface area (Å²) in [6.45, 7) is 4.20. The van der Waals surface area contributed by atoms with Crippen LogP contribution in [0.15, 0.2) is 47.5 Å². The van der Waals surface area contributed by atoms with Gasteiger partial charge in [-0.2, -0.15) is 0 Å². The highest BCUT2D eigenvalue weighted by Gasteiger charge is 2.06. The second-order valence-electron chi connectivity index (χ2n) is 6.32. The first-order chi connectivity index (χ1) is 13.7. The van der Waals surface area contributed by atoms with Crippen LogP contribution in [-0.4, -0.2) is 33.8 Å². The van der Waals surface area contributed by atoms with Crippen molar-refractivity contribution in [3.8, 4) is 17.2 Å². The van der Waals surface area contributed by atoms with E-state index in [4.69, 9.17) is 14.2 Å². The van der Waals surface area contributed by atoms with E-state index in [1.807, 2.05) is 30.3 Å². The summed E-state index contributed by atoms with van der Waals surface area (Å²) >= 11 is 0. The zero-order valence-corrected chi connectivity index (χ0v) is 17.2. The molecule has 0 aliphatic heterocycles. The second kappa shape index (κ2) is 11.7. The number of hydrogen-bond acceptors (Lipinski definition) is 4. The van der Waals surface area contributed by atoms with E-state index in [1.165, 1.54) is 0 Å². The van der Waals surface area contributed by atoms with E-state index in [1.54, 1.807) is 21.3 Å². The van der Waals surface area contributed by atoms with Gasteiger partial charge in [0.2, 0.25) is 0 Å². The standard InChI is InChI=1S/C22H31N3O3/c1-5-6-12-28-19-9-7-8-17(13-19)15-24-22(23-2)25-16-18-10-11-20(26-3)21(14-18)27-4/h7-11,13-14H,5-6,12,15-16H2,1-4H3,(H2,23,24,25). The molecule has 0 bridgehead atoms. The summed E-state index contributed by atoms with van der Waals surface area (Å²) in [5, 5.41) is 6.64. The van der Waals surface area contributed by atoms with Crippen molar-refractivity contribution >= 4 is 5.96 Å². The molecule has 28 heavy (non-hydrogen) atoms. The molecule has 2 rings (SSSR count). The fourth-order valence-corrected chi connectivity index (χ4v) is 2.66. The van der Waals surface area contributed by atoms with Crippen LogP contribution in [0.4, 0.5) is 0 Å². The highest BCUT2D eigenvalue weighted by molar-refractivity contribution is 5.79. The van der Waals surface area contributed by atoms with Crippen molar-refractivity contribution in [1.82, 2.24) is 10.6 Å². The molecule has 0 atom stereocenters. The van der Waals surface area contributed by atoms with Crippen molar-refractivity contribution in [3.05, 3.63) is 53.6 Å². The molecule has 0 fully saturated rings. The van der Waals surface area contributed by atoms with Crippen molar-refractivity contribution < 1.29 is 14.2 Å². The lowest BCUT2D eigenvalue weighted by atomic mass is 10.2. The number of guanidine groups is 1. The molecule has 0 spiro atoms. The molecule has 0 saturated heterocycles. The Kier molecular flexibility index (Phi) is 8.98. The van der Waals surface area contributed by atoms with E-state index in [0.29, 0.717) is 18.8 Å². The first kappa shape index (κ1) is 21.4. The highest BCUT2D eigenvalue weighted by atomic mass is 16.5. The van der Waals surface area contributed by atoms with E-state index in [-0.39, 0.29) is 0 Å². The number of hydrogen-bond donors (Lipinski definition) is 2. The predicted molar refractivity (Wildman–Crippen MR) is 113 cm³/mol. The molecule has 2 N–H and O–H groups in total. The summed E-state index contributed by atoms with van der Waals surface area (Å²) in [6.07, 6.45) is 2.19. The van der Waals surface area contributed by atoms with Gasteiger partial charge in [-0.3, -0.25) is 4.99 Å². The summed E-state index contributed by atoms with van der Waals surface area (Å²) in [5.74, 6) is 3.06. The van der Waals surface area contributed by atoms with Gasteiger partial charge in [-0.25, -0.2) is 0 Å². The molecular weight excluding hydrogens is 354 g/mol. The molecule has 0 aliphatic rings. The predicted octanol–water partition coefficient (Wildman–Crippen LogP) is 3.75. The second-order valence-corrected chi connectivity index (χ2v) is 6.32. The normalized spacial score (nSPS) is 11.1. The molecule has 0 amide bonds. The Morgan fingerprint density at radius 1 is 0.929 bits per heavy atom. The number of nitrogens with one attached hydrogen (secondary N) is 2. The van der Waals surface area contributed by atoms with Crippen molar-refractivity contribution in [3.63, 3.8) is 0 Å². The van der Waals surface area contributed by atoms with Gasteiger partial charge in [0.25, 0.3) is 0 Å². The van der Waals surface area contributed by atoms with Gasteiger partial charge < -0.3 is 24.8 Å². The minimum Gasteiger partial charge on any atom is -0.494 e. The van der Waals surface area contributed by atoms with E-state index < -0.39 is 0 Å². The molecule has 6 nitrogen and oxygen atoms in total. The molecule has 0 aromatic heterocycles. The van der Waals surface area contributed by atoms with Gasteiger partial charge in [-0.1, -0.05) is 31.5 Å². The molecule has 0 heterocycles. The molecule has 2 aromatic rings. The van der Waals surface area contributed by atoms with Crippen LogP contribution >= 0.6 is 0 Å². The average Bonchev–Trinajstić information content (AvgIpc) is 2.74. The monoisotopic (exact) mass is 385 g/mol. The molecule has 6 heteroatoms. The van der Waals surface area contributed by atoms with Crippen LogP contribution < -0.4 is 24.8 Å². The fraction of sp³-hybridized carbons (Fsp3) is 0.409. The number of unbranched alkanes of at least 4 members (excludes halogenated alkanes) is 1. The van der Waals surface area contributed by atoms with Crippen molar-refractivity contribution in [1.29, 1.82) is 0 Å². The van der Waals surface area contributed by atoms with E-state index in [9.17, 15) is 0 Å². The van der Waals surface area contributed by atoms with Crippen molar-refractivity contribution in [2.24, 2.45) is 4.99 Å². The smallest absolute Gasteiger partial charge is 0.191 e. The summed E-state index contributed by atoms with van der Waals surface area (Å²) < 4.78 is 16.4. The topological polar surface area (TPSA) is 64.1 Å².